The Kier molecular flexibility index (Phi) is 4.97. The molecule has 3 heteroatoms. The van der Waals surface area contributed by atoms with Crippen LogP contribution in [0.15, 0.2) is 39.7 Å². The van der Waals surface area contributed by atoms with Gasteiger partial charge in [-0.25, -0.2) is 0 Å². The number of rotatable bonds is 6. The lowest BCUT2D eigenvalue weighted by molar-refractivity contribution is 0.148. The fourth-order valence-corrected chi connectivity index (χ4v) is 3.89. The summed E-state index contributed by atoms with van der Waals surface area (Å²) in [6.45, 7) is 2.27. The van der Waals surface area contributed by atoms with E-state index in [9.17, 15) is 0 Å². The molecule has 1 nitrogen and oxygen atoms in total. The zero-order valence-electron chi connectivity index (χ0n) is 11.8. The highest BCUT2D eigenvalue weighted by atomic mass is 32.1. The summed E-state index contributed by atoms with van der Waals surface area (Å²) in [6.07, 6.45) is 6.70. The monoisotopic (exact) mass is 291 g/mol. The number of hydrogen-bond donors (Lipinski definition) is 0. The molecule has 2 rings (SSSR count). The van der Waals surface area contributed by atoms with Gasteiger partial charge in [-0.05, 0) is 71.7 Å². The van der Waals surface area contributed by atoms with Crippen molar-refractivity contribution in [3.63, 3.8) is 0 Å². The van der Waals surface area contributed by atoms with Gasteiger partial charge in [0, 0.05) is 5.54 Å². The molecule has 0 saturated carbocycles. The minimum atomic E-state index is 0.118. The Hall–Kier alpha value is -0.900. The Bertz CT molecular complexity index is 497. The van der Waals surface area contributed by atoms with Gasteiger partial charge in [0.15, 0.2) is 0 Å². The van der Waals surface area contributed by atoms with Gasteiger partial charge in [0.2, 0.25) is 0 Å². The summed E-state index contributed by atoms with van der Waals surface area (Å²) in [7, 11) is 4.36. The van der Waals surface area contributed by atoms with Crippen LogP contribution >= 0.6 is 22.7 Å². The normalized spacial score (nSPS) is 15.2. The summed E-state index contributed by atoms with van der Waals surface area (Å²) in [5.74, 6) is 0. The van der Waals surface area contributed by atoms with Crippen LogP contribution in [0.1, 0.15) is 30.9 Å². The summed E-state index contributed by atoms with van der Waals surface area (Å²) in [5, 5.41) is 8.76. The van der Waals surface area contributed by atoms with Crippen LogP contribution in [-0.4, -0.2) is 19.0 Å². The van der Waals surface area contributed by atoms with Crippen LogP contribution in [0.3, 0.4) is 0 Å². The minimum absolute atomic E-state index is 0.118. The third kappa shape index (κ3) is 3.16. The molecule has 0 spiro atoms. The molecular weight excluding hydrogens is 270 g/mol. The summed E-state index contributed by atoms with van der Waals surface area (Å²) >= 11 is 3.53. The smallest absolute Gasteiger partial charge is 0.0495 e. The van der Waals surface area contributed by atoms with Gasteiger partial charge in [-0.15, -0.1) is 0 Å². The first-order valence-corrected chi connectivity index (χ1v) is 8.46. The molecule has 1 unspecified atom stereocenters. The topological polar surface area (TPSA) is 3.24 Å². The molecule has 0 fully saturated rings. The number of hydrogen-bond acceptors (Lipinski definition) is 3. The molecule has 0 saturated heterocycles. The van der Waals surface area contributed by atoms with Crippen molar-refractivity contribution in [3.05, 3.63) is 50.9 Å². The molecule has 2 aromatic rings. The largest absolute Gasteiger partial charge is 0.299 e. The fourth-order valence-electron chi connectivity index (χ4n) is 2.51. The van der Waals surface area contributed by atoms with Gasteiger partial charge >= 0.3 is 0 Å². The molecule has 0 aromatic carbocycles. The summed E-state index contributed by atoms with van der Waals surface area (Å²) in [6, 6.07) is 4.42. The van der Waals surface area contributed by atoms with E-state index in [2.05, 4.69) is 71.7 Å². The molecule has 0 radical (unpaired) electrons. The Morgan fingerprint density at radius 3 is 2.42 bits per heavy atom. The summed E-state index contributed by atoms with van der Waals surface area (Å²) in [5.41, 5.74) is 2.85. The molecule has 2 aromatic heterocycles. The van der Waals surface area contributed by atoms with Gasteiger partial charge in [0.05, 0.1) is 0 Å². The quantitative estimate of drug-likeness (QED) is 0.717. The maximum atomic E-state index is 2.35. The second kappa shape index (κ2) is 6.51. The second-order valence-corrected chi connectivity index (χ2v) is 6.51. The van der Waals surface area contributed by atoms with Gasteiger partial charge in [0.25, 0.3) is 0 Å². The SMILES string of the molecule is CCC(CC=Cc1ccsc1)(c1ccsc1)N(C)C. The van der Waals surface area contributed by atoms with Crippen LogP contribution in [-0.2, 0) is 5.54 Å². The van der Waals surface area contributed by atoms with Crippen molar-refractivity contribution in [1.29, 1.82) is 0 Å². The van der Waals surface area contributed by atoms with Crippen molar-refractivity contribution < 1.29 is 0 Å². The van der Waals surface area contributed by atoms with Crippen LogP contribution < -0.4 is 0 Å². The molecule has 0 aliphatic heterocycles. The third-order valence-corrected chi connectivity index (χ3v) is 5.19. The van der Waals surface area contributed by atoms with E-state index in [1.54, 1.807) is 22.7 Å². The van der Waals surface area contributed by atoms with E-state index in [1.165, 1.54) is 11.1 Å². The van der Waals surface area contributed by atoms with Gasteiger partial charge < -0.3 is 0 Å². The summed E-state index contributed by atoms with van der Waals surface area (Å²) < 4.78 is 0. The predicted octanol–water partition coefficient (Wildman–Crippen LogP) is 5.08. The lowest BCUT2D eigenvalue weighted by Gasteiger charge is -2.38. The average molecular weight is 291 g/mol. The second-order valence-electron chi connectivity index (χ2n) is 4.95. The number of nitrogens with zero attached hydrogens (tertiary/aromatic N) is 1. The van der Waals surface area contributed by atoms with Gasteiger partial charge in [-0.2, -0.15) is 22.7 Å². The minimum Gasteiger partial charge on any atom is -0.299 e. The van der Waals surface area contributed by atoms with E-state index < -0.39 is 0 Å². The molecule has 0 aliphatic rings. The van der Waals surface area contributed by atoms with Gasteiger partial charge in [0.1, 0.15) is 0 Å². The highest BCUT2D eigenvalue weighted by Crippen LogP contribution is 2.35. The Balaban J connectivity index is 2.19. The molecule has 19 heavy (non-hydrogen) atoms. The zero-order valence-corrected chi connectivity index (χ0v) is 13.4. The molecule has 102 valence electrons. The number of thiophene rings is 2. The zero-order chi connectivity index (χ0) is 13.7. The first-order chi connectivity index (χ1) is 9.19. The maximum Gasteiger partial charge on any atom is 0.0495 e. The van der Waals surface area contributed by atoms with Crippen molar-refractivity contribution in [1.82, 2.24) is 4.90 Å². The van der Waals surface area contributed by atoms with Crippen molar-refractivity contribution >= 4 is 28.7 Å². The molecule has 0 amide bonds. The Morgan fingerprint density at radius 2 is 1.89 bits per heavy atom. The van der Waals surface area contributed by atoms with E-state index in [4.69, 9.17) is 0 Å². The molecule has 0 bridgehead atoms. The first kappa shape index (κ1) is 14.5. The third-order valence-electron chi connectivity index (χ3n) is 3.81. The van der Waals surface area contributed by atoms with Crippen LogP contribution in [0.25, 0.3) is 6.08 Å². The molecule has 0 aliphatic carbocycles. The molecule has 2 heterocycles. The first-order valence-electron chi connectivity index (χ1n) is 6.58. The van der Waals surface area contributed by atoms with E-state index in [0.717, 1.165) is 12.8 Å². The van der Waals surface area contributed by atoms with Crippen LogP contribution in [0.2, 0.25) is 0 Å². The van der Waals surface area contributed by atoms with E-state index in [-0.39, 0.29) is 5.54 Å². The van der Waals surface area contributed by atoms with Crippen molar-refractivity contribution in [2.24, 2.45) is 0 Å². The Morgan fingerprint density at radius 1 is 1.16 bits per heavy atom. The van der Waals surface area contributed by atoms with Crippen LogP contribution in [0.4, 0.5) is 0 Å². The van der Waals surface area contributed by atoms with E-state index >= 15 is 0 Å². The summed E-state index contributed by atoms with van der Waals surface area (Å²) in [4.78, 5) is 2.35. The standard InChI is InChI=1S/C16H21NS2/c1-4-16(17(2)3,15-8-11-19-13-15)9-5-6-14-7-10-18-12-14/h5-8,10-13H,4,9H2,1-3H3. The van der Waals surface area contributed by atoms with Crippen LogP contribution in [0.5, 0.6) is 0 Å². The molecular formula is C16H21NS2. The van der Waals surface area contributed by atoms with Crippen molar-refractivity contribution in [2.75, 3.05) is 14.1 Å². The van der Waals surface area contributed by atoms with E-state index in [0.29, 0.717) is 0 Å². The van der Waals surface area contributed by atoms with Gasteiger partial charge in [-0.1, -0.05) is 19.1 Å². The van der Waals surface area contributed by atoms with E-state index in [1.807, 2.05) is 0 Å². The lowest BCUT2D eigenvalue weighted by atomic mass is 9.84. The highest BCUT2D eigenvalue weighted by Gasteiger charge is 2.31. The molecule has 0 N–H and O–H groups in total. The lowest BCUT2D eigenvalue weighted by Crippen LogP contribution is -2.40. The van der Waals surface area contributed by atoms with Crippen molar-refractivity contribution in [2.45, 2.75) is 25.3 Å². The Labute approximate surface area is 124 Å². The average Bonchev–Trinajstić information content (AvgIpc) is 3.07. The van der Waals surface area contributed by atoms with Gasteiger partial charge in [-0.3, -0.25) is 4.90 Å². The van der Waals surface area contributed by atoms with Crippen molar-refractivity contribution in [3.8, 4) is 0 Å². The van der Waals surface area contributed by atoms with Crippen LogP contribution in [0, 0.1) is 0 Å². The fraction of sp³-hybridized carbons (Fsp3) is 0.375. The highest BCUT2D eigenvalue weighted by molar-refractivity contribution is 7.08. The molecule has 1 atom stereocenters. The predicted molar refractivity (Wildman–Crippen MR) is 87.9 cm³/mol. The maximum absolute atomic E-state index is 2.35.